The number of piperidine rings is 1. The first-order chi connectivity index (χ1) is 12.3. The predicted molar refractivity (Wildman–Crippen MR) is 107 cm³/mol. The van der Waals surface area contributed by atoms with Crippen molar-refractivity contribution in [2.24, 2.45) is 11.8 Å². The van der Waals surface area contributed by atoms with E-state index in [1.807, 2.05) is 12.1 Å². The number of nitrogens with one attached hydrogen (secondary N) is 1. The van der Waals surface area contributed by atoms with Crippen LogP contribution in [-0.4, -0.2) is 42.9 Å². The van der Waals surface area contributed by atoms with Gasteiger partial charge in [0.2, 0.25) is 11.8 Å². The summed E-state index contributed by atoms with van der Waals surface area (Å²) < 4.78 is 0. The van der Waals surface area contributed by atoms with Crippen molar-refractivity contribution in [3.8, 4) is 0 Å². The smallest absolute Gasteiger partial charge is 0.243 e. The van der Waals surface area contributed by atoms with Crippen molar-refractivity contribution < 1.29 is 9.59 Å². The fourth-order valence-electron chi connectivity index (χ4n) is 3.16. The van der Waals surface area contributed by atoms with Crippen LogP contribution in [0.5, 0.6) is 0 Å². The molecule has 0 bridgehead atoms. The van der Waals surface area contributed by atoms with Gasteiger partial charge >= 0.3 is 0 Å². The highest BCUT2D eigenvalue weighted by Gasteiger charge is 2.17. The number of carbonyl (C=O) groups excluding carboxylic acids is 2. The summed E-state index contributed by atoms with van der Waals surface area (Å²) in [5, 5.41) is 2.90. The molecule has 1 saturated heterocycles. The third-order valence-electron chi connectivity index (χ3n) is 5.06. The fraction of sp³-hybridized carbons (Fsp3) is 0.619. The molecule has 2 amide bonds. The average molecular weight is 360 g/mol. The van der Waals surface area contributed by atoms with Gasteiger partial charge in [-0.3, -0.25) is 9.59 Å². The van der Waals surface area contributed by atoms with Gasteiger partial charge in [-0.25, -0.2) is 0 Å². The van der Waals surface area contributed by atoms with Gasteiger partial charge in [0.05, 0.1) is 6.54 Å². The molecule has 5 heteroatoms. The van der Waals surface area contributed by atoms with Gasteiger partial charge in [-0.05, 0) is 55.4 Å². The number of rotatable bonds is 7. The highest BCUT2D eigenvalue weighted by molar-refractivity contribution is 5.94. The van der Waals surface area contributed by atoms with Crippen LogP contribution >= 0.6 is 0 Å². The summed E-state index contributed by atoms with van der Waals surface area (Å²) in [7, 11) is 0. The Kier molecular flexibility index (Phi) is 7.49. The quantitative estimate of drug-likeness (QED) is 0.806. The zero-order valence-electron chi connectivity index (χ0n) is 16.6. The molecular weight excluding hydrogens is 326 g/mol. The minimum absolute atomic E-state index is 0.0597. The van der Waals surface area contributed by atoms with Crippen LogP contribution in [-0.2, 0) is 9.59 Å². The van der Waals surface area contributed by atoms with E-state index in [1.54, 1.807) is 4.90 Å². The van der Waals surface area contributed by atoms with Crippen molar-refractivity contribution in [1.29, 1.82) is 0 Å². The summed E-state index contributed by atoms with van der Waals surface area (Å²) in [5.41, 5.74) is 1.98. The molecule has 2 rings (SSSR count). The van der Waals surface area contributed by atoms with Crippen LogP contribution in [0.4, 0.5) is 11.4 Å². The Hall–Kier alpha value is -2.04. The van der Waals surface area contributed by atoms with Crippen molar-refractivity contribution >= 4 is 23.2 Å². The van der Waals surface area contributed by atoms with Crippen LogP contribution in [0.25, 0.3) is 0 Å². The first kappa shape index (κ1) is 20.3. The van der Waals surface area contributed by atoms with E-state index < -0.39 is 0 Å². The predicted octanol–water partition coefficient (Wildman–Crippen LogP) is 3.76. The molecule has 0 radical (unpaired) electrons. The molecule has 1 N–H and O–H groups in total. The van der Waals surface area contributed by atoms with Crippen LogP contribution in [0.1, 0.15) is 47.0 Å². The van der Waals surface area contributed by atoms with Crippen LogP contribution in [0, 0.1) is 11.8 Å². The van der Waals surface area contributed by atoms with Gasteiger partial charge in [0.1, 0.15) is 0 Å². The van der Waals surface area contributed by atoms with Crippen LogP contribution < -0.4 is 10.2 Å². The second-order valence-electron chi connectivity index (χ2n) is 7.89. The van der Waals surface area contributed by atoms with Gasteiger partial charge in [-0.2, -0.15) is 0 Å². The molecule has 1 heterocycles. The van der Waals surface area contributed by atoms with E-state index in [-0.39, 0.29) is 18.4 Å². The van der Waals surface area contributed by atoms with Crippen molar-refractivity contribution in [2.75, 3.05) is 36.4 Å². The molecule has 0 spiro atoms. The SMILES string of the molecule is CC(=O)N(CCC(C)C)CC(=O)Nc1ccc(N2CCC(C)CC2)cc1. The van der Waals surface area contributed by atoms with Gasteiger partial charge < -0.3 is 15.1 Å². The Morgan fingerprint density at radius 2 is 1.81 bits per heavy atom. The maximum atomic E-state index is 12.3. The number of hydrogen-bond acceptors (Lipinski definition) is 3. The van der Waals surface area contributed by atoms with Crippen molar-refractivity contribution in [1.82, 2.24) is 4.90 Å². The van der Waals surface area contributed by atoms with E-state index in [1.165, 1.54) is 25.5 Å². The molecule has 1 fully saturated rings. The molecule has 1 aromatic rings. The lowest BCUT2D eigenvalue weighted by Gasteiger charge is -2.32. The second kappa shape index (κ2) is 9.60. The first-order valence-electron chi connectivity index (χ1n) is 9.75. The lowest BCUT2D eigenvalue weighted by atomic mass is 9.99. The maximum Gasteiger partial charge on any atom is 0.243 e. The number of carbonyl (C=O) groups is 2. The molecule has 1 aliphatic heterocycles. The van der Waals surface area contributed by atoms with Gasteiger partial charge in [0, 0.05) is 37.9 Å². The number of hydrogen-bond donors (Lipinski definition) is 1. The number of amides is 2. The molecule has 26 heavy (non-hydrogen) atoms. The van der Waals surface area contributed by atoms with Gasteiger partial charge in [0.25, 0.3) is 0 Å². The van der Waals surface area contributed by atoms with E-state index in [2.05, 4.69) is 43.1 Å². The minimum Gasteiger partial charge on any atom is -0.372 e. The Bertz CT molecular complexity index is 590. The molecule has 5 nitrogen and oxygen atoms in total. The standard InChI is InChI=1S/C21H33N3O2/c1-16(2)9-12-24(18(4)25)15-21(26)22-19-5-7-20(8-6-19)23-13-10-17(3)11-14-23/h5-8,16-17H,9-15H2,1-4H3,(H,22,26). The molecule has 1 aromatic carbocycles. The summed E-state index contributed by atoms with van der Waals surface area (Å²) in [4.78, 5) is 28.0. The zero-order valence-corrected chi connectivity index (χ0v) is 16.6. The third-order valence-corrected chi connectivity index (χ3v) is 5.06. The lowest BCUT2D eigenvalue weighted by molar-refractivity contribution is -0.132. The zero-order chi connectivity index (χ0) is 19.1. The molecule has 0 aromatic heterocycles. The first-order valence-corrected chi connectivity index (χ1v) is 9.75. The highest BCUT2D eigenvalue weighted by Crippen LogP contribution is 2.24. The molecule has 0 unspecified atom stereocenters. The van der Waals surface area contributed by atoms with Crippen LogP contribution in [0.15, 0.2) is 24.3 Å². The van der Waals surface area contributed by atoms with Crippen LogP contribution in [0.3, 0.4) is 0 Å². The minimum atomic E-state index is -0.150. The number of anilines is 2. The van der Waals surface area contributed by atoms with Gasteiger partial charge in [0.15, 0.2) is 0 Å². The van der Waals surface area contributed by atoms with E-state index in [4.69, 9.17) is 0 Å². The van der Waals surface area contributed by atoms with E-state index >= 15 is 0 Å². The summed E-state index contributed by atoms with van der Waals surface area (Å²) >= 11 is 0. The molecule has 1 aliphatic rings. The topological polar surface area (TPSA) is 52.7 Å². The molecule has 0 saturated carbocycles. The molecule has 144 valence electrons. The van der Waals surface area contributed by atoms with E-state index in [0.717, 1.165) is 31.1 Å². The Labute approximate surface area is 157 Å². The summed E-state index contributed by atoms with van der Waals surface area (Å²) in [5.74, 6) is 1.11. The number of nitrogens with zero attached hydrogens (tertiary/aromatic N) is 2. The summed E-state index contributed by atoms with van der Waals surface area (Å²) in [6.45, 7) is 11.0. The number of benzene rings is 1. The molecular formula is C21H33N3O2. The summed E-state index contributed by atoms with van der Waals surface area (Å²) in [6, 6.07) is 8.01. The monoisotopic (exact) mass is 359 g/mol. The van der Waals surface area contributed by atoms with Crippen molar-refractivity contribution in [2.45, 2.75) is 47.0 Å². The Balaban J connectivity index is 1.87. The van der Waals surface area contributed by atoms with Crippen molar-refractivity contribution in [3.63, 3.8) is 0 Å². The summed E-state index contributed by atoms with van der Waals surface area (Å²) in [6.07, 6.45) is 3.36. The molecule has 0 atom stereocenters. The normalized spacial score (nSPS) is 15.2. The lowest BCUT2D eigenvalue weighted by Crippen LogP contribution is -2.37. The Morgan fingerprint density at radius 1 is 1.19 bits per heavy atom. The fourth-order valence-corrected chi connectivity index (χ4v) is 3.16. The van der Waals surface area contributed by atoms with Gasteiger partial charge in [-0.15, -0.1) is 0 Å². The van der Waals surface area contributed by atoms with Gasteiger partial charge in [-0.1, -0.05) is 20.8 Å². The Morgan fingerprint density at radius 3 is 2.35 bits per heavy atom. The largest absolute Gasteiger partial charge is 0.372 e. The average Bonchev–Trinajstić information content (AvgIpc) is 2.59. The maximum absolute atomic E-state index is 12.3. The highest BCUT2D eigenvalue weighted by atomic mass is 16.2. The molecule has 0 aliphatic carbocycles. The van der Waals surface area contributed by atoms with Crippen molar-refractivity contribution in [3.05, 3.63) is 24.3 Å². The second-order valence-corrected chi connectivity index (χ2v) is 7.89. The van der Waals surface area contributed by atoms with Crippen LogP contribution in [0.2, 0.25) is 0 Å². The third kappa shape index (κ3) is 6.36. The van der Waals surface area contributed by atoms with E-state index in [0.29, 0.717) is 12.5 Å². The van der Waals surface area contributed by atoms with E-state index in [9.17, 15) is 9.59 Å².